The Balaban J connectivity index is 1.21. The molecule has 0 N–H and O–H groups in total. The molecule has 5 aromatic heterocycles. The van der Waals surface area contributed by atoms with Gasteiger partial charge < -0.3 is 4.42 Å². The van der Waals surface area contributed by atoms with Gasteiger partial charge in [-0.3, -0.25) is 9.97 Å². The topological polar surface area (TPSA) is 64.7 Å². The summed E-state index contributed by atoms with van der Waals surface area (Å²) < 4.78 is 6.49. The molecular formula is C40H24N4O. The van der Waals surface area contributed by atoms with E-state index in [0.717, 1.165) is 88.8 Å². The first-order valence-electron chi connectivity index (χ1n) is 14.9. The average molecular weight is 577 g/mol. The minimum atomic E-state index is 0.801. The Hall–Kier alpha value is -6.20. The second-order valence-corrected chi connectivity index (χ2v) is 11.1. The van der Waals surface area contributed by atoms with Gasteiger partial charge in [0, 0.05) is 44.9 Å². The fourth-order valence-corrected chi connectivity index (χ4v) is 6.25. The Bertz CT molecular complexity index is 2460. The van der Waals surface area contributed by atoms with Crippen molar-refractivity contribution in [1.82, 2.24) is 19.9 Å². The van der Waals surface area contributed by atoms with Gasteiger partial charge >= 0.3 is 0 Å². The summed E-state index contributed by atoms with van der Waals surface area (Å²) in [6.07, 6.45) is 3.58. The van der Waals surface area contributed by atoms with E-state index in [1.165, 1.54) is 0 Å². The highest BCUT2D eigenvalue weighted by Gasteiger charge is 2.17. The number of rotatable bonds is 4. The van der Waals surface area contributed by atoms with E-state index in [2.05, 4.69) is 88.8 Å². The molecule has 45 heavy (non-hydrogen) atoms. The molecule has 0 fully saturated rings. The van der Waals surface area contributed by atoms with Crippen LogP contribution in [0.1, 0.15) is 0 Å². The molecule has 0 saturated heterocycles. The van der Waals surface area contributed by atoms with Gasteiger partial charge in [-0.15, -0.1) is 0 Å². The van der Waals surface area contributed by atoms with Crippen LogP contribution in [0, 0.1) is 0 Å². The number of fused-ring (bicyclic) bond motifs is 7. The quantitative estimate of drug-likeness (QED) is 0.195. The number of benzene rings is 4. The largest absolute Gasteiger partial charge is 0.455 e. The van der Waals surface area contributed by atoms with Crippen LogP contribution in [0.4, 0.5) is 0 Å². The number of para-hydroxylation sites is 2. The number of pyridine rings is 4. The lowest BCUT2D eigenvalue weighted by Crippen LogP contribution is -1.94. The van der Waals surface area contributed by atoms with Crippen LogP contribution >= 0.6 is 0 Å². The molecule has 9 aromatic rings. The second kappa shape index (κ2) is 10.2. The van der Waals surface area contributed by atoms with Crippen LogP contribution in [-0.2, 0) is 0 Å². The molecule has 5 heterocycles. The first kappa shape index (κ1) is 25.3. The van der Waals surface area contributed by atoms with E-state index in [-0.39, 0.29) is 0 Å². The number of hydrogen-bond donors (Lipinski definition) is 0. The van der Waals surface area contributed by atoms with E-state index in [0.29, 0.717) is 0 Å². The molecule has 0 atom stereocenters. The van der Waals surface area contributed by atoms with Crippen molar-refractivity contribution in [3.05, 3.63) is 146 Å². The van der Waals surface area contributed by atoms with Crippen molar-refractivity contribution in [2.75, 3.05) is 0 Å². The molecule has 0 aliphatic rings. The molecule has 9 rings (SSSR count). The van der Waals surface area contributed by atoms with E-state index in [1.807, 2.05) is 54.6 Å². The Morgan fingerprint density at radius 3 is 1.76 bits per heavy atom. The molecule has 0 saturated carbocycles. The minimum Gasteiger partial charge on any atom is -0.455 e. The molecule has 0 spiro atoms. The Labute approximate surface area is 258 Å². The van der Waals surface area contributed by atoms with Crippen LogP contribution in [0.15, 0.2) is 150 Å². The third-order valence-electron chi connectivity index (χ3n) is 8.38. The van der Waals surface area contributed by atoms with Crippen molar-refractivity contribution in [3.8, 4) is 45.2 Å². The summed E-state index contributed by atoms with van der Waals surface area (Å²) in [5.41, 5.74) is 10.0. The number of aromatic nitrogens is 4. The van der Waals surface area contributed by atoms with E-state index in [4.69, 9.17) is 14.4 Å². The van der Waals surface area contributed by atoms with Crippen LogP contribution in [-0.4, -0.2) is 19.9 Å². The van der Waals surface area contributed by atoms with Crippen molar-refractivity contribution in [2.24, 2.45) is 0 Å². The van der Waals surface area contributed by atoms with Crippen LogP contribution < -0.4 is 0 Å². The van der Waals surface area contributed by atoms with Gasteiger partial charge in [0.05, 0.1) is 34.0 Å². The van der Waals surface area contributed by atoms with Gasteiger partial charge in [0.15, 0.2) is 0 Å². The van der Waals surface area contributed by atoms with Gasteiger partial charge in [-0.25, -0.2) is 9.97 Å². The third-order valence-corrected chi connectivity index (χ3v) is 8.38. The minimum absolute atomic E-state index is 0.801. The van der Waals surface area contributed by atoms with Crippen molar-refractivity contribution in [3.63, 3.8) is 0 Å². The molecular weight excluding hydrogens is 552 g/mol. The number of nitrogens with zero attached hydrogens (tertiary/aromatic N) is 4. The Morgan fingerprint density at radius 1 is 0.422 bits per heavy atom. The number of furan rings is 1. The predicted molar refractivity (Wildman–Crippen MR) is 182 cm³/mol. The molecule has 5 heteroatoms. The van der Waals surface area contributed by atoms with Crippen LogP contribution in [0.5, 0.6) is 0 Å². The Morgan fingerprint density at radius 2 is 1.04 bits per heavy atom. The van der Waals surface area contributed by atoms with E-state index >= 15 is 0 Å². The lowest BCUT2D eigenvalue weighted by atomic mass is 9.96. The van der Waals surface area contributed by atoms with Crippen molar-refractivity contribution in [2.45, 2.75) is 0 Å². The highest BCUT2D eigenvalue weighted by Crippen LogP contribution is 2.41. The fraction of sp³-hybridized carbons (Fsp3) is 0. The SMILES string of the molecule is c1ccc(-c2cc(-c3ccc(-c4nc5ccccc5c5c4ccc4c6ccccc6oc45)cc3)cc(-c3ccccn3)n2)nc1. The summed E-state index contributed by atoms with van der Waals surface area (Å²) in [5.74, 6) is 0. The second-order valence-electron chi connectivity index (χ2n) is 11.1. The number of hydrogen-bond acceptors (Lipinski definition) is 5. The zero-order chi connectivity index (χ0) is 29.7. The summed E-state index contributed by atoms with van der Waals surface area (Å²) in [6.45, 7) is 0. The fourth-order valence-electron chi connectivity index (χ4n) is 6.25. The van der Waals surface area contributed by atoms with Gasteiger partial charge in [-0.1, -0.05) is 78.9 Å². The molecule has 0 amide bonds. The molecule has 0 aliphatic carbocycles. The van der Waals surface area contributed by atoms with Crippen molar-refractivity contribution < 1.29 is 4.42 Å². The molecule has 0 bridgehead atoms. The summed E-state index contributed by atoms with van der Waals surface area (Å²) in [4.78, 5) is 19.2. The summed E-state index contributed by atoms with van der Waals surface area (Å²) in [7, 11) is 0. The lowest BCUT2D eigenvalue weighted by molar-refractivity contribution is 0.673. The maximum atomic E-state index is 6.49. The van der Waals surface area contributed by atoms with Gasteiger partial charge in [0.2, 0.25) is 0 Å². The van der Waals surface area contributed by atoms with Crippen LogP contribution in [0.3, 0.4) is 0 Å². The molecule has 0 unspecified atom stereocenters. The molecule has 5 nitrogen and oxygen atoms in total. The van der Waals surface area contributed by atoms with Crippen molar-refractivity contribution >= 4 is 43.6 Å². The van der Waals surface area contributed by atoms with Crippen LogP contribution in [0.25, 0.3) is 88.8 Å². The molecule has 210 valence electrons. The van der Waals surface area contributed by atoms with Gasteiger partial charge in [0.1, 0.15) is 11.2 Å². The van der Waals surface area contributed by atoms with Crippen LogP contribution in [0.2, 0.25) is 0 Å². The van der Waals surface area contributed by atoms with Gasteiger partial charge in [-0.05, 0) is 65.7 Å². The monoisotopic (exact) mass is 576 g/mol. The zero-order valence-electron chi connectivity index (χ0n) is 24.1. The zero-order valence-corrected chi connectivity index (χ0v) is 24.1. The summed E-state index contributed by atoms with van der Waals surface area (Å²) in [5, 5.41) is 5.46. The summed E-state index contributed by atoms with van der Waals surface area (Å²) in [6, 6.07) is 45.4. The van der Waals surface area contributed by atoms with Crippen molar-refractivity contribution in [1.29, 1.82) is 0 Å². The third kappa shape index (κ3) is 4.25. The molecule has 0 radical (unpaired) electrons. The smallest absolute Gasteiger partial charge is 0.144 e. The maximum Gasteiger partial charge on any atom is 0.144 e. The Kier molecular flexibility index (Phi) is 5.74. The van der Waals surface area contributed by atoms with E-state index in [9.17, 15) is 0 Å². The predicted octanol–water partition coefficient (Wildman–Crippen LogP) is 10.1. The standard InChI is InChI=1S/C40H24N4O/c1-3-11-32-30(10-1)38-31(20-19-29-28-9-2-4-14-37(28)45-40(29)38)39(44-32)26-17-15-25(16-18-26)27-23-35(33-12-5-7-21-41-33)43-36(24-27)34-13-6-8-22-42-34/h1-24H. The first-order valence-corrected chi connectivity index (χ1v) is 14.9. The molecule has 4 aromatic carbocycles. The lowest BCUT2D eigenvalue weighted by Gasteiger charge is -2.12. The van der Waals surface area contributed by atoms with E-state index < -0.39 is 0 Å². The maximum absolute atomic E-state index is 6.49. The van der Waals surface area contributed by atoms with E-state index in [1.54, 1.807) is 12.4 Å². The highest BCUT2D eigenvalue weighted by atomic mass is 16.3. The highest BCUT2D eigenvalue weighted by molar-refractivity contribution is 6.24. The first-order chi connectivity index (χ1) is 22.3. The summed E-state index contributed by atoms with van der Waals surface area (Å²) >= 11 is 0. The molecule has 0 aliphatic heterocycles. The van der Waals surface area contributed by atoms with Gasteiger partial charge in [-0.2, -0.15) is 0 Å². The average Bonchev–Trinajstić information content (AvgIpc) is 3.51. The normalized spacial score (nSPS) is 11.6. The van der Waals surface area contributed by atoms with Gasteiger partial charge in [0.25, 0.3) is 0 Å².